The lowest BCUT2D eigenvalue weighted by molar-refractivity contribution is 0.0494. The summed E-state index contributed by atoms with van der Waals surface area (Å²) >= 11 is 0. The Hall–Kier alpha value is -1.39. The predicted molar refractivity (Wildman–Crippen MR) is 43.7 cm³/mol. The van der Waals surface area contributed by atoms with E-state index in [1.165, 1.54) is 0 Å². The van der Waals surface area contributed by atoms with E-state index in [0.29, 0.717) is 6.61 Å². The molecular formula is C8H11FN2O2. The first-order chi connectivity index (χ1) is 6.25. The average Bonchev–Trinajstić information content (AvgIpc) is 2.52. The molecule has 1 N–H and O–H groups in total. The van der Waals surface area contributed by atoms with E-state index in [2.05, 4.69) is 5.10 Å². The fourth-order valence-corrected chi connectivity index (χ4v) is 0.800. The van der Waals surface area contributed by atoms with Crippen molar-refractivity contribution in [3.63, 3.8) is 0 Å². The second-order valence-corrected chi connectivity index (χ2v) is 2.59. The van der Waals surface area contributed by atoms with Crippen LogP contribution in [0.25, 0.3) is 0 Å². The van der Waals surface area contributed by atoms with Gasteiger partial charge < -0.3 is 4.74 Å². The van der Waals surface area contributed by atoms with Gasteiger partial charge in [-0.3, -0.25) is 5.10 Å². The second-order valence-electron chi connectivity index (χ2n) is 2.59. The van der Waals surface area contributed by atoms with Crippen LogP contribution in [-0.2, 0) is 4.74 Å². The van der Waals surface area contributed by atoms with Gasteiger partial charge in [0.25, 0.3) is 0 Å². The molecular weight excluding hydrogens is 175 g/mol. The SMILES string of the molecule is CCCCOC(=O)c1cn[nH]c1F. The van der Waals surface area contributed by atoms with Crippen molar-refractivity contribution < 1.29 is 13.9 Å². The quantitative estimate of drug-likeness (QED) is 0.572. The van der Waals surface area contributed by atoms with Gasteiger partial charge >= 0.3 is 5.97 Å². The number of nitrogens with zero attached hydrogens (tertiary/aromatic N) is 1. The van der Waals surface area contributed by atoms with Gasteiger partial charge in [-0.15, -0.1) is 0 Å². The van der Waals surface area contributed by atoms with Gasteiger partial charge in [-0.1, -0.05) is 13.3 Å². The minimum Gasteiger partial charge on any atom is -0.462 e. The molecule has 1 rings (SSSR count). The number of carbonyl (C=O) groups is 1. The molecule has 0 bridgehead atoms. The van der Waals surface area contributed by atoms with Crippen LogP contribution >= 0.6 is 0 Å². The van der Waals surface area contributed by atoms with Gasteiger partial charge in [-0.25, -0.2) is 4.79 Å². The summed E-state index contributed by atoms with van der Waals surface area (Å²) in [4.78, 5) is 11.1. The Morgan fingerprint density at radius 2 is 2.54 bits per heavy atom. The first-order valence-electron chi connectivity index (χ1n) is 4.11. The Labute approximate surface area is 75.1 Å². The maximum absolute atomic E-state index is 12.7. The van der Waals surface area contributed by atoms with Crippen molar-refractivity contribution >= 4 is 5.97 Å². The van der Waals surface area contributed by atoms with Gasteiger partial charge in [0.1, 0.15) is 5.56 Å². The molecule has 0 saturated carbocycles. The number of carbonyl (C=O) groups excluding carboxylic acids is 1. The molecule has 4 nitrogen and oxygen atoms in total. The molecule has 0 fully saturated rings. The third-order valence-corrected chi connectivity index (χ3v) is 1.54. The van der Waals surface area contributed by atoms with Gasteiger partial charge in [-0.2, -0.15) is 9.49 Å². The standard InChI is InChI=1S/C8H11FN2O2/c1-2-3-4-13-8(12)6-5-10-11-7(6)9/h5H,2-4H2,1H3,(H,10,11). The largest absolute Gasteiger partial charge is 0.462 e. The van der Waals surface area contributed by atoms with Gasteiger partial charge in [0, 0.05) is 0 Å². The molecule has 0 radical (unpaired) electrons. The molecule has 0 spiro atoms. The molecule has 0 aliphatic heterocycles. The summed E-state index contributed by atoms with van der Waals surface area (Å²) in [5.74, 6) is -1.42. The molecule has 0 aromatic carbocycles. The Bertz CT molecular complexity index is 285. The smallest absolute Gasteiger partial charge is 0.344 e. The number of esters is 1. The maximum atomic E-state index is 12.7. The van der Waals surface area contributed by atoms with E-state index in [0.717, 1.165) is 19.0 Å². The summed E-state index contributed by atoms with van der Waals surface area (Å²) in [6, 6.07) is 0. The number of aromatic amines is 1. The van der Waals surface area contributed by atoms with Crippen LogP contribution < -0.4 is 0 Å². The van der Waals surface area contributed by atoms with Crippen molar-refractivity contribution in [3.8, 4) is 0 Å². The number of H-pyrrole nitrogens is 1. The highest BCUT2D eigenvalue weighted by Gasteiger charge is 2.14. The molecule has 1 heterocycles. The van der Waals surface area contributed by atoms with Crippen LogP contribution in [-0.4, -0.2) is 22.8 Å². The summed E-state index contributed by atoms with van der Waals surface area (Å²) in [7, 11) is 0. The Kier molecular flexibility index (Phi) is 3.42. The van der Waals surface area contributed by atoms with E-state index in [-0.39, 0.29) is 5.56 Å². The van der Waals surface area contributed by atoms with Gasteiger partial charge in [0.2, 0.25) is 5.95 Å². The van der Waals surface area contributed by atoms with Crippen LogP contribution in [0.2, 0.25) is 0 Å². The average molecular weight is 186 g/mol. The predicted octanol–water partition coefficient (Wildman–Crippen LogP) is 1.51. The van der Waals surface area contributed by atoms with Crippen molar-refractivity contribution in [2.45, 2.75) is 19.8 Å². The minimum atomic E-state index is -0.749. The van der Waals surface area contributed by atoms with Gasteiger partial charge in [0.15, 0.2) is 0 Å². The number of ether oxygens (including phenoxy) is 1. The van der Waals surface area contributed by atoms with Crippen LogP contribution in [0.5, 0.6) is 0 Å². The molecule has 0 aliphatic carbocycles. The number of aromatic nitrogens is 2. The molecule has 0 unspecified atom stereocenters. The zero-order valence-corrected chi connectivity index (χ0v) is 7.34. The fraction of sp³-hybridized carbons (Fsp3) is 0.500. The molecule has 1 aromatic heterocycles. The number of hydrogen-bond donors (Lipinski definition) is 1. The molecule has 0 saturated heterocycles. The van der Waals surface area contributed by atoms with Crippen molar-refractivity contribution in [3.05, 3.63) is 17.7 Å². The van der Waals surface area contributed by atoms with E-state index in [4.69, 9.17) is 4.74 Å². The first-order valence-corrected chi connectivity index (χ1v) is 4.11. The molecule has 5 heteroatoms. The lowest BCUT2D eigenvalue weighted by Crippen LogP contribution is -2.07. The van der Waals surface area contributed by atoms with Crippen LogP contribution in [0.1, 0.15) is 30.1 Å². The van der Waals surface area contributed by atoms with Crippen LogP contribution in [0.4, 0.5) is 4.39 Å². The number of halogens is 1. The van der Waals surface area contributed by atoms with Crippen molar-refractivity contribution in [2.24, 2.45) is 0 Å². The molecule has 0 amide bonds. The molecule has 13 heavy (non-hydrogen) atoms. The Morgan fingerprint density at radius 3 is 3.08 bits per heavy atom. The fourth-order valence-electron chi connectivity index (χ4n) is 0.800. The highest BCUT2D eigenvalue weighted by molar-refractivity contribution is 5.88. The van der Waals surface area contributed by atoms with E-state index in [1.807, 2.05) is 12.0 Å². The molecule has 72 valence electrons. The van der Waals surface area contributed by atoms with E-state index in [9.17, 15) is 9.18 Å². The lowest BCUT2D eigenvalue weighted by Gasteiger charge is -2.00. The molecule has 0 atom stereocenters. The summed E-state index contributed by atoms with van der Waals surface area (Å²) < 4.78 is 17.5. The van der Waals surface area contributed by atoms with Crippen LogP contribution in [0.3, 0.4) is 0 Å². The van der Waals surface area contributed by atoms with Crippen molar-refractivity contribution in [1.82, 2.24) is 10.2 Å². The zero-order valence-electron chi connectivity index (χ0n) is 7.34. The second kappa shape index (κ2) is 4.59. The summed E-state index contributed by atoms with van der Waals surface area (Å²) in [5.41, 5.74) is -0.142. The summed E-state index contributed by atoms with van der Waals surface area (Å²) in [5, 5.41) is 5.39. The normalized spacial score (nSPS) is 10.0. The van der Waals surface area contributed by atoms with Crippen LogP contribution in [0.15, 0.2) is 6.20 Å². The Balaban J connectivity index is 2.45. The van der Waals surface area contributed by atoms with Crippen molar-refractivity contribution in [1.29, 1.82) is 0 Å². The zero-order chi connectivity index (χ0) is 9.68. The van der Waals surface area contributed by atoms with E-state index >= 15 is 0 Å². The highest BCUT2D eigenvalue weighted by Crippen LogP contribution is 2.04. The van der Waals surface area contributed by atoms with Crippen LogP contribution in [0, 0.1) is 5.95 Å². The summed E-state index contributed by atoms with van der Waals surface area (Å²) in [6.07, 6.45) is 2.83. The third-order valence-electron chi connectivity index (χ3n) is 1.54. The Morgan fingerprint density at radius 1 is 1.77 bits per heavy atom. The number of rotatable bonds is 4. The van der Waals surface area contributed by atoms with Gasteiger partial charge in [0.05, 0.1) is 12.8 Å². The number of hydrogen-bond acceptors (Lipinski definition) is 3. The number of nitrogens with one attached hydrogen (secondary N) is 1. The van der Waals surface area contributed by atoms with E-state index in [1.54, 1.807) is 0 Å². The molecule has 1 aromatic rings. The molecule has 0 aliphatic rings. The minimum absolute atomic E-state index is 0.142. The topological polar surface area (TPSA) is 55.0 Å². The van der Waals surface area contributed by atoms with Gasteiger partial charge in [-0.05, 0) is 6.42 Å². The van der Waals surface area contributed by atoms with E-state index < -0.39 is 11.9 Å². The third kappa shape index (κ3) is 2.54. The monoisotopic (exact) mass is 186 g/mol. The lowest BCUT2D eigenvalue weighted by atomic mass is 10.3. The number of unbranched alkanes of at least 4 members (excludes halogenated alkanes) is 1. The first kappa shape index (κ1) is 9.70. The highest BCUT2D eigenvalue weighted by atomic mass is 19.1. The summed E-state index contributed by atoms with van der Waals surface area (Å²) in [6.45, 7) is 2.30. The van der Waals surface area contributed by atoms with Crippen molar-refractivity contribution in [2.75, 3.05) is 6.61 Å². The maximum Gasteiger partial charge on any atom is 0.344 e.